The lowest BCUT2D eigenvalue weighted by atomic mass is 9.98. The zero-order chi connectivity index (χ0) is 20.3. The van der Waals surface area contributed by atoms with Crippen molar-refractivity contribution in [2.45, 2.75) is 31.2 Å². The summed E-state index contributed by atoms with van der Waals surface area (Å²) in [7, 11) is -3.83. The van der Waals surface area contributed by atoms with Crippen molar-refractivity contribution in [2.24, 2.45) is 0 Å². The molecular formula is C21H22ClNO4S. The maximum absolute atomic E-state index is 13.4. The van der Waals surface area contributed by atoms with E-state index in [4.69, 9.17) is 16.3 Å². The molecule has 5 nitrogen and oxygen atoms in total. The quantitative estimate of drug-likeness (QED) is 0.679. The van der Waals surface area contributed by atoms with Crippen LogP contribution in [0.25, 0.3) is 0 Å². The highest BCUT2D eigenvalue weighted by Gasteiger charge is 2.36. The first-order valence-electron chi connectivity index (χ1n) is 9.03. The average molecular weight is 420 g/mol. The Kier molecular flexibility index (Phi) is 6.23. The van der Waals surface area contributed by atoms with Gasteiger partial charge in [0.25, 0.3) is 0 Å². The second-order valence-electron chi connectivity index (χ2n) is 6.62. The van der Waals surface area contributed by atoms with Crippen molar-refractivity contribution in [3.63, 3.8) is 0 Å². The molecule has 1 heterocycles. The second kappa shape index (κ2) is 8.47. The third kappa shape index (κ3) is 4.29. The molecule has 148 valence electrons. The largest absolute Gasteiger partial charge is 0.463 e. The van der Waals surface area contributed by atoms with Gasteiger partial charge in [-0.25, -0.2) is 13.2 Å². The molecule has 7 heteroatoms. The predicted octanol–water partition coefficient (Wildman–Crippen LogP) is 4.27. The number of halogens is 1. The molecule has 0 saturated carbocycles. The number of aryl methyl sites for hydroxylation is 1. The minimum atomic E-state index is -3.83. The third-order valence-electron chi connectivity index (χ3n) is 4.66. The monoisotopic (exact) mass is 419 g/mol. The normalized spacial score (nSPS) is 17.8. The van der Waals surface area contributed by atoms with Crippen molar-refractivity contribution in [1.29, 1.82) is 0 Å². The number of esters is 1. The fraction of sp³-hybridized carbons (Fsp3) is 0.286. The number of ether oxygens (including phenoxy) is 1. The van der Waals surface area contributed by atoms with Gasteiger partial charge >= 0.3 is 5.97 Å². The van der Waals surface area contributed by atoms with E-state index in [1.165, 1.54) is 4.31 Å². The van der Waals surface area contributed by atoms with Crippen molar-refractivity contribution in [3.8, 4) is 0 Å². The van der Waals surface area contributed by atoms with Crippen LogP contribution in [-0.4, -0.2) is 31.8 Å². The summed E-state index contributed by atoms with van der Waals surface area (Å²) < 4.78 is 33.2. The molecule has 28 heavy (non-hydrogen) atoms. The number of hydrogen-bond acceptors (Lipinski definition) is 4. The fourth-order valence-corrected chi connectivity index (χ4v) is 5.00. The van der Waals surface area contributed by atoms with E-state index in [0.717, 1.165) is 11.1 Å². The van der Waals surface area contributed by atoms with E-state index in [1.807, 2.05) is 13.0 Å². The molecule has 0 bridgehead atoms. The van der Waals surface area contributed by atoms with Crippen molar-refractivity contribution < 1.29 is 17.9 Å². The topological polar surface area (TPSA) is 63.7 Å². The van der Waals surface area contributed by atoms with E-state index in [0.29, 0.717) is 17.0 Å². The molecule has 1 aliphatic rings. The first-order valence-corrected chi connectivity index (χ1v) is 10.8. The Labute approximate surface area is 170 Å². The molecule has 1 atom stereocenters. The van der Waals surface area contributed by atoms with Crippen molar-refractivity contribution in [2.75, 3.05) is 13.2 Å². The number of sulfonamides is 1. The molecule has 2 aromatic carbocycles. The van der Waals surface area contributed by atoms with Crippen LogP contribution in [0.5, 0.6) is 0 Å². The second-order valence-corrected chi connectivity index (χ2v) is 8.95. The van der Waals surface area contributed by atoms with Crippen LogP contribution in [0.15, 0.2) is 65.1 Å². The molecule has 2 aromatic rings. The number of rotatable bonds is 5. The SMILES string of the molecule is CCOC(=O)C1=CCC(c2cccc(Cl)c2)N(S(=O)(=O)c2ccc(C)cc2)C1. The minimum Gasteiger partial charge on any atom is -0.463 e. The Morgan fingerprint density at radius 1 is 1.21 bits per heavy atom. The molecule has 0 saturated heterocycles. The summed E-state index contributed by atoms with van der Waals surface area (Å²) in [6, 6.07) is 13.4. The molecule has 0 radical (unpaired) electrons. The van der Waals surface area contributed by atoms with E-state index in [2.05, 4.69) is 0 Å². The van der Waals surface area contributed by atoms with Crippen LogP contribution in [0.3, 0.4) is 0 Å². The number of hydrogen-bond donors (Lipinski definition) is 0. The highest BCUT2D eigenvalue weighted by molar-refractivity contribution is 7.89. The summed E-state index contributed by atoms with van der Waals surface area (Å²) in [5, 5.41) is 0.533. The Bertz CT molecular complexity index is 999. The van der Waals surface area contributed by atoms with Gasteiger partial charge in [-0.15, -0.1) is 0 Å². The predicted molar refractivity (Wildman–Crippen MR) is 109 cm³/mol. The highest BCUT2D eigenvalue weighted by Crippen LogP contribution is 2.36. The lowest BCUT2D eigenvalue weighted by Gasteiger charge is -2.34. The van der Waals surface area contributed by atoms with E-state index in [9.17, 15) is 13.2 Å². The van der Waals surface area contributed by atoms with Gasteiger partial charge < -0.3 is 4.74 Å². The van der Waals surface area contributed by atoms with Gasteiger partial charge in [0, 0.05) is 17.1 Å². The Hall–Kier alpha value is -2.15. The molecule has 0 aliphatic carbocycles. The summed E-state index contributed by atoms with van der Waals surface area (Å²) in [6.45, 7) is 3.80. The third-order valence-corrected chi connectivity index (χ3v) is 6.76. The molecule has 0 spiro atoms. The fourth-order valence-electron chi connectivity index (χ4n) is 3.20. The Morgan fingerprint density at radius 3 is 2.57 bits per heavy atom. The Morgan fingerprint density at radius 2 is 1.93 bits per heavy atom. The summed E-state index contributed by atoms with van der Waals surface area (Å²) in [4.78, 5) is 12.4. The van der Waals surface area contributed by atoms with Crippen LogP contribution in [0.1, 0.15) is 30.5 Å². The number of carbonyl (C=O) groups excluding carboxylic acids is 1. The van der Waals surface area contributed by atoms with Gasteiger partial charge in [-0.2, -0.15) is 4.31 Å². The molecule has 1 aliphatic heterocycles. The molecule has 0 amide bonds. The van der Waals surface area contributed by atoms with Gasteiger partial charge in [0.05, 0.1) is 17.5 Å². The zero-order valence-electron chi connectivity index (χ0n) is 15.8. The Balaban J connectivity index is 2.04. The first-order chi connectivity index (χ1) is 13.3. The molecule has 3 rings (SSSR count). The molecule has 0 fully saturated rings. The first kappa shape index (κ1) is 20.6. The lowest BCUT2D eigenvalue weighted by molar-refractivity contribution is -0.138. The minimum absolute atomic E-state index is 0.0494. The van der Waals surface area contributed by atoms with E-state index in [1.54, 1.807) is 55.5 Å². The van der Waals surface area contributed by atoms with Crippen molar-refractivity contribution in [1.82, 2.24) is 4.31 Å². The maximum atomic E-state index is 13.4. The highest BCUT2D eigenvalue weighted by atomic mass is 35.5. The molecule has 1 unspecified atom stereocenters. The van der Waals surface area contributed by atoms with Crippen LogP contribution < -0.4 is 0 Å². The van der Waals surface area contributed by atoms with Gasteiger partial charge in [-0.3, -0.25) is 0 Å². The summed E-state index contributed by atoms with van der Waals surface area (Å²) in [5.74, 6) is -0.490. The van der Waals surface area contributed by atoms with E-state index in [-0.39, 0.29) is 18.0 Å². The van der Waals surface area contributed by atoms with Crippen LogP contribution in [0.2, 0.25) is 5.02 Å². The van der Waals surface area contributed by atoms with Gasteiger partial charge in [-0.1, -0.05) is 47.5 Å². The number of nitrogens with zero attached hydrogens (tertiary/aromatic N) is 1. The van der Waals surface area contributed by atoms with Crippen LogP contribution in [-0.2, 0) is 19.6 Å². The molecular weight excluding hydrogens is 398 g/mol. The summed E-state index contributed by atoms with van der Waals surface area (Å²) >= 11 is 6.12. The summed E-state index contributed by atoms with van der Waals surface area (Å²) in [6.07, 6.45) is 2.12. The van der Waals surface area contributed by atoms with Gasteiger partial charge in [0.15, 0.2) is 0 Å². The van der Waals surface area contributed by atoms with E-state index >= 15 is 0 Å². The van der Waals surface area contributed by atoms with Crippen molar-refractivity contribution in [3.05, 3.63) is 76.3 Å². The number of benzene rings is 2. The van der Waals surface area contributed by atoms with Crippen LogP contribution >= 0.6 is 11.6 Å². The molecule has 0 aromatic heterocycles. The average Bonchev–Trinajstić information content (AvgIpc) is 2.68. The van der Waals surface area contributed by atoms with Gasteiger partial charge in [0.2, 0.25) is 10.0 Å². The van der Waals surface area contributed by atoms with Gasteiger partial charge in [0.1, 0.15) is 0 Å². The summed E-state index contributed by atoms with van der Waals surface area (Å²) in [5.41, 5.74) is 2.09. The smallest absolute Gasteiger partial charge is 0.335 e. The number of carbonyl (C=O) groups is 1. The zero-order valence-corrected chi connectivity index (χ0v) is 17.3. The standard InChI is InChI=1S/C21H22ClNO4S/c1-3-27-21(24)17-9-12-20(16-5-4-6-18(22)13-16)23(14-17)28(25,26)19-10-7-15(2)8-11-19/h4-11,13,20H,3,12,14H2,1-2H3. The van der Waals surface area contributed by atoms with Gasteiger partial charge in [-0.05, 0) is 50.1 Å². The lowest BCUT2D eigenvalue weighted by Crippen LogP contribution is -2.40. The van der Waals surface area contributed by atoms with Crippen molar-refractivity contribution >= 4 is 27.6 Å². The molecule has 0 N–H and O–H groups in total. The van der Waals surface area contributed by atoms with Crippen LogP contribution in [0.4, 0.5) is 0 Å². The maximum Gasteiger partial charge on any atom is 0.335 e. The van der Waals surface area contributed by atoms with Crippen LogP contribution in [0, 0.1) is 6.92 Å². The van der Waals surface area contributed by atoms with E-state index < -0.39 is 22.0 Å².